The zero-order chi connectivity index (χ0) is 14.2. The first kappa shape index (κ1) is 15.0. The maximum Gasteiger partial charge on any atom is 0.186 e. The van der Waals surface area contributed by atoms with Crippen LogP contribution < -0.4 is 0 Å². The number of aliphatic hydroxyl groups excluding tert-OH is 6. The molecule has 0 aromatic carbocycles. The van der Waals surface area contributed by atoms with Gasteiger partial charge in [0.25, 0.3) is 0 Å². The quantitative estimate of drug-likeness (QED) is 0.297. The van der Waals surface area contributed by atoms with Crippen LogP contribution in [0.2, 0.25) is 0 Å². The van der Waals surface area contributed by atoms with Crippen molar-refractivity contribution in [1.29, 1.82) is 0 Å². The monoisotopic (exact) mass is 282 g/mol. The predicted molar refractivity (Wildman–Crippen MR) is 56.6 cm³/mol. The van der Waals surface area contributed by atoms with Crippen LogP contribution in [0.15, 0.2) is 0 Å². The molecule has 0 bridgehead atoms. The summed E-state index contributed by atoms with van der Waals surface area (Å²) in [5, 5.41) is 56.6. The lowest BCUT2D eigenvalue weighted by Gasteiger charge is -2.40. The largest absolute Gasteiger partial charge is 0.388 e. The van der Waals surface area contributed by atoms with Gasteiger partial charge in [-0.15, -0.1) is 0 Å². The zero-order valence-corrected chi connectivity index (χ0v) is 9.94. The van der Waals surface area contributed by atoms with Crippen molar-refractivity contribution >= 4 is 0 Å². The van der Waals surface area contributed by atoms with Crippen LogP contribution in [0.3, 0.4) is 0 Å². The summed E-state index contributed by atoms with van der Waals surface area (Å²) < 4.78 is 15.0. The summed E-state index contributed by atoms with van der Waals surface area (Å²) in [4.78, 5) is 0. The van der Waals surface area contributed by atoms with Crippen LogP contribution in [-0.4, -0.2) is 93.1 Å². The van der Waals surface area contributed by atoms with Crippen LogP contribution in [0.4, 0.5) is 0 Å². The van der Waals surface area contributed by atoms with E-state index in [0.717, 1.165) is 0 Å². The maximum absolute atomic E-state index is 9.68. The number of rotatable bonds is 2. The molecule has 19 heavy (non-hydrogen) atoms. The lowest BCUT2D eigenvalue weighted by atomic mass is 10.0. The Bertz CT molecular complexity index is 273. The number of ether oxygens (including phenoxy) is 3. The molecule has 2 fully saturated rings. The first-order chi connectivity index (χ1) is 8.91. The van der Waals surface area contributed by atoms with Crippen molar-refractivity contribution in [1.82, 2.24) is 0 Å². The average molecular weight is 282 g/mol. The predicted octanol–water partition coefficient (Wildman–Crippen LogP) is -4.12. The summed E-state index contributed by atoms with van der Waals surface area (Å²) >= 11 is 0. The van der Waals surface area contributed by atoms with Gasteiger partial charge in [-0.2, -0.15) is 0 Å². The third-order valence-electron chi connectivity index (χ3n) is 3.22. The van der Waals surface area contributed by atoms with Crippen molar-refractivity contribution in [2.24, 2.45) is 0 Å². The molecule has 0 radical (unpaired) electrons. The molecule has 112 valence electrons. The Hall–Kier alpha value is -0.360. The highest BCUT2D eigenvalue weighted by molar-refractivity contribution is 4.87. The van der Waals surface area contributed by atoms with Crippen LogP contribution in [0.1, 0.15) is 0 Å². The molecular weight excluding hydrogens is 264 g/mol. The summed E-state index contributed by atoms with van der Waals surface area (Å²) in [5.74, 6) is 0. The molecule has 0 aromatic rings. The Morgan fingerprint density at radius 2 is 1.42 bits per heavy atom. The highest BCUT2D eigenvalue weighted by atomic mass is 16.7. The van der Waals surface area contributed by atoms with Crippen molar-refractivity contribution in [3.05, 3.63) is 0 Å². The van der Waals surface area contributed by atoms with Crippen molar-refractivity contribution in [2.45, 2.75) is 49.2 Å². The van der Waals surface area contributed by atoms with Crippen LogP contribution in [0.5, 0.6) is 0 Å². The molecule has 0 saturated carbocycles. The molecule has 0 aromatic heterocycles. The minimum atomic E-state index is -1.55. The fourth-order valence-electron chi connectivity index (χ4n) is 1.97. The van der Waals surface area contributed by atoms with Gasteiger partial charge in [-0.1, -0.05) is 0 Å². The standard InChI is InChI=1S/C10H18O9/c11-3-1-18-10(8(15)5(3)12)19-4-2-17-9(16)7(14)6(4)13/h3-16H,1-2H2/t3-,4+,5-,6-,7+,8+,9-,10-/m0/s1. The molecule has 2 heterocycles. The second-order valence-electron chi connectivity index (χ2n) is 4.63. The average Bonchev–Trinajstić information content (AvgIpc) is 2.39. The van der Waals surface area contributed by atoms with Gasteiger partial charge in [-0.05, 0) is 0 Å². The van der Waals surface area contributed by atoms with Gasteiger partial charge in [0.05, 0.1) is 13.2 Å². The fraction of sp³-hybridized carbons (Fsp3) is 1.00. The third-order valence-corrected chi connectivity index (χ3v) is 3.22. The molecule has 2 rings (SSSR count). The van der Waals surface area contributed by atoms with Gasteiger partial charge >= 0.3 is 0 Å². The highest BCUT2D eigenvalue weighted by Crippen LogP contribution is 2.22. The lowest BCUT2D eigenvalue weighted by molar-refractivity contribution is -0.323. The first-order valence-corrected chi connectivity index (χ1v) is 5.89. The fourth-order valence-corrected chi connectivity index (χ4v) is 1.97. The van der Waals surface area contributed by atoms with Gasteiger partial charge in [0.2, 0.25) is 0 Å². The van der Waals surface area contributed by atoms with E-state index in [1.807, 2.05) is 0 Å². The second-order valence-corrected chi connectivity index (χ2v) is 4.63. The molecule has 9 heteroatoms. The van der Waals surface area contributed by atoms with Crippen molar-refractivity contribution in [2.75, 3.05) is 13.2 Å². The number of hydrogen-bond donors (Lipinski definition) is 6. The maximum atomic E-state index is 9.68. The van der Waals surface area contributed by atoms with E-state index < -0.39 is 49.2 Å². The SMILES string of the molecule is O[C@@H]1[C@@H](O)[C@H](O[C@@H]2CO[C@H](O)[C@H](O)[C@H]2O)OC[C@@H]1O. The Kier molecular flexibility index (Phi) is 4.71. The van der Waals surface area contributed by atoms with E-state index in [0.29, 0.717) is 0 Å². The molecule has 2 aliphatic rings. The Morgan fingerprint density at radius 3 is 2.11 bits per heavy atom. The molecular formula is C10H18O9. The van der Waals surface area contributed by atoms with Gasteiger partial charge in [0, 0.05) is 0 Å². The topological polar surface area (TPSA) is 149 Å². The van der Waals surface area contributed by atoms with E-state index in [2.05, 4.69) is 0 Å². The van der Waals surface area contributed by atoms with Gasteiger partial charge < -0.3 is 44.8 Å². The van der Waals surface area contributed by atoms with E-state index >= 15 is 0 Å². The second kappa shape index (κ2) is 5.95. The van der Waals surface area contributed by atoms with Crippen LogP contribution in [0, 0.1) is 0 Å². The zero-order valence-electron chi connectivity index (χ0n) is 9.94. The third kappa shape index (κ3) is 3.05. The van der Waals surface area contributed by atoms with Crippen LogP contribution in [0.25, 0.3) is 0 Å². The summed E-state index contributed by atoms with van der Waals surface area (Å²) in [6, 6.07) is 0. The van der Waals surface area contributed by atoms with Crippen molar-refractivity contribution in [3.63, 3.8) is 0 Å². The summed E-state index contributed by atoms with van der Waals surface area (Å²) in [6.07, 6.45) is -11.0. The summed E-state index contributed by atoms with van der Waals surface area (Å²) in [7, 11) is 0. The van der Waals surface area contributed by atoms with Crippen LogP contribution >= 0.6 is 0 Å². The molecule has 6 N–H and O–H groups in total. The van der Waals surface area contributed by atoms with E-state index in [-0.39, 0.29) is 13.2 Å². The molecule has 2 saturated heterocycles. The number of hydrogen-bond acceptors (Lipinski definition) is 9. The van der Waals surface area contributed by atoms with E-state index in [9.17, 15) is 25.5 Å². The van der Waals surface area contributed by atoms with Gasteiger partial charge in [-0.3, -0.25) is 0 Å². The Labute approximate surface area is 108 Å². The molecule has 0 aliphatic carbocycles. The van der Waals surface area contributed by atoms with Gasteiger partial charge in [-0.25, -0.2) is 0 Å². The highest BCUT2D eigenvalue weighted by Gasteiger charge is 2.44. The molecule has 9 nitrogen and oxygen atoms in total. The summed E-state index contributed by atoms with van der Waals surface area (Å²) in [6.45, 7) is -0.456. The summed E-state index contributed by atoms with van der Waals surface area (Å²) in [5.41, 5.74) is 0. The van der Waals surface area contributed by atoms with E-state index in [1.54, 1.807) is 0 Å². The molecule has 2 aliphatic heterocycles. The van der Waals surface area contributed by atoms with E-state index in [1.165, 1.54) is 0 Å². The molecule has 0 spiro atoms. The van der Waals surface area contributed by atoms with E-state index in [4.69, 9.17) is 19.3 Å². The van der Waals surface area contributed by atoms with Gasteiger partial charge in [0.1, 0.15) is 36.6 Å². The van der Waals surface area contributed by atoms with Crippen molar-refractivity contribution in [3.8, 4) is 0 Å². The Morgan fingerprint density at radius 1 is 0.737 bits per heavy atom. The van der Waals surface area contributed by atoms with Gasteiger partial charge in [0.15, 0.2) is 12.6 Å². The molecule has 0 unspecified atom stereocenters. The minimum absolute atomic E-state index is 0.218. The molecule has 8 atom stereocenters. The number of aliphatic hydroxyl groups is 6. The first-order valence-electron chi connectivity index (χ1n) is 5.89. The normalized spacial score (nSPS) is 52.1. The Balaban J connectivity index is 1.94. The van der Waals surface area contributed by atoms with Crippen LogP contribution in [-0.2, 0) is 14.2 Å². The van der Waals surface area contributed by atoms with Crippen molar-refractivity contribution < 1.29 is 44.8 Å². The smallest absolute Gasteiger partial charge is 0.186 e. The lowest BCUT2D eigenvalue weighted by Crippen LogP contribution is -2.59. The minimum Gasteiger partial charge on any atom is -0.388 e. The molecule has 0 amide bonds.